The van der Waals surface area contributed by atoms with Crippen molar-refractivity contribution in [2.24, 2.45) is 5.10 Å². The van der Waals surface area contributed by atoms with Crippen molar-refractivity contribution >= 4 is 56.0 Å². The van der Waals surface area contributed by atoms with Gasteiger partial charge < -0.3 is 4.74 Å². The highest BCUT2D eigenvalue weighted by atomic mass is 79.9. The third kappa shape index (κ3) is 5.57. The third-order valence-electron chi connectivity index (χ3n) is 2.63. The molecule has 1 N–H and O–H groups in total. The van der Waals surface area contributed by atoms with Crippen molar-refractivity contribution in [3.8, 4) is 0 Å². The van der Waals surface area contributed by atoms with Crippen LogP contribution in [0.1, 0.15) is 6.92 Å². The lowest BCUT2D eigenvalue weighted by Gasteiger charge is -2.08. The van der Waals surface area contributed by atoms with E-state index in [1.165, 1.54) is 11.8 Å². The number of thioether (sulfide) groups is 1. The summed E-state index contributed by atoms with van der Waals surface area (Å²) in [6.45, 7) is 2.03. The summed E-state index contributed by atoms with van der Waals surface area (Å²) in [4.78, 5) is 12.9. The zero-order chi connectivity index (χ0) is 16.7. The molecule has 0 spiro atoms. The summed E-state index contributed by atoms with van der Waals surface area (Å²) in [7, 11) is 0. The quantitative estimate of drug-likeness (QED) is 0.247. The Morgan fingerprint density at radius 2 is 1.96 bits per heavy atom. The first kappa shape index (κ1) is 17.8. The van der Waals surface area contributed by atoms with Gasteiger partial charge in [-0.2, -0.15) is 5.10 Å². The number of nitrogens with one attached hydrogen (secondary N) is 1. The van der Waals surface area contributed by atoms with Gasteiger partial charge in [0.1, 0.15) is 0 Å². The fourth-order valence-electron chi connectivity index (χ4n) is 1.58. The number of carbonyl (C=O) groups excluding carboxylic acids is 1. The molecule has 0 unspecified atom stereocenters. The Balaban J connectivity index is 2.19. The van der Waals surface area contributed by atoms with Crippen LogP contribution in [0.15, 0.2) is 63.0 Å². The third-order valence-corrected chi connectivity index (χ3v) is 4.45. The van der Waals surface area contributed by atoms with E-state index in [4.69, 9.17) is 16.3 Å². The van der Waals surface area contributed by atoms with E-state index in [-0.39, 0.29) is 11.7 Å². The van der Waals surface area contributed by atoms with E-state index in [0.717, 1.165) is 9.37 Å². The molecule has 0 amide bonds. The number of hydrogen-bond acceptors (Lipinski definition) is 5. The molecule has 0 saturated heterocycles. The van der Waals surface area contributed by atoms with Gasteiger partial charge in [0.25, 0.3) is 0 Å². The van der Waals surface area contributed by atoms with Gasteiger partial charge in [-0.15, -0.1) is 0 Å². The van der Waals surface area contributed by atoms with Crippen molar-refractivity contribution in [3.63, 3.8) is 0 Å². The highest BCUT2D eigenvalue weighted by Gasteiger charge is 2.15. The molecule has 0 aromatic heterocycles. The summed E-state index contributed by atoms with van der Waals surface area (Å²) < 4.78 is 6.01. The van der Waals surface area contributed by atoms with Crippen molar-refractivity contribution in [2.45, 2.75) is 11.8 Å². The van der Waals surface area contributed by atoms with Crippen LogP contribution in [0.25, 0.3) is 0 Å². The molecule has 2 rings (SSSR count). The van der Waals surface area contributed by atoms with Crippen LogP contribution in [0.2, 0.25) is 5.02 Å². The number of anilines is 1. The first-order chi connectivity index (χ1) is 11.1. The lowest BCUT2D eigenvalue weighted by Crippen LogP contribution is -2.16. The lowest BCUT2D eigenvalue weighted by molar-refractivity contribution is -0.134. The number of rotatable bonds is 4. The smallest absolute Gasteiger partial charge is 0.365 e. The number of carbonyl (C=O) groups is 1. The highest BCUT2D eigenvalue weighted by Crippen LogP contribution is 2.24. The van der Waals surface area contributed by atoms with E-state index in [0.29, 0.717) is 10.7 Å². The number of hydrazone groups is 1. The molecule has 0 aliphatic heterocycles. The van der Waals surface area contributed by atoms with Crippen molar-refractivity contribution in [1.82, 2.24) is 0 Å². The van der Waals surface area contributed by atoms with Gasteiger partial charge in [-0.05, 0) is 43.3 Å². The second-order valence-electron chi connectivity index (χ2n) is 4.29. The minimum Gasteiger partial charge on any atom is -0.461 e. The molecule has 2 aromatic carbocycles. The molecule has 0 radical (unpaired) electrons. The van der Waals surface area contributed by atoms with E-state index in [1.54, 1.807) is 19.1 Å². The molecule has 0 aliphatic carbocycles. The summed E-state index contributed by atoms with van der Waals surface area (Å²) in [6, 6.07) is 14.7. The summed E-state index contributed by atoms with van der Waals surface area (Å²) in [5, 5.41) is 4.87. The Hall–Kier alpha value is -1.50. The van der Waals surface area contributed by atoms with Gasteiger partial charge >= 0.3 is 5.97 Å². The summed E-state index contributed by atoms with van der Waals surface area (Å²) in [6.07, 6.45) is 0. The lowest BCUT2D eigenvalue weighted by atomic mass is 10.3. The van der Waals surface area contributed by atoms with Crippen LogP contribution in [-0.2, 0) is 9.53 Å². The molecule has 2 aromatic rings. The molecule has 4 nitrogen and oxygen atoms in total. The molecular formula is C16H14BrClN2O2S. The Bertz CT molecular complexity index is 707. The summed E-state index contributed by atoms with van der Waals surface area (Å²) in [5.74, 6) is -0.486. The molecule has 23 heavy (non-hydrogen) atoms. The topological polar surface area (TPSA) is 50.7 Å². The monoisotopic (exact) mass is 412 g/mol. The van der Waals surface area contributed by atoms with Crippen molar-refractivity contribution in [3.05, 3.63) is 58.0 Å². The molecule has 7 heteroatoms. The van der Waals surface area contributed by atoms with Gasteiger partial charge in [0.15, 0.2) is 0 Å². The van der Waals surface area contributed by atoms with E-state index >= 15 is 0 Å². The second kappa shape index (κ2) is 8.96. The van der Waals surface area contributed by atoms with Crippen LogP contribution in [-0.4, -0.2) is 17.6 Å². The Morgan fingerprint density at radius 3 is 2.61 bits per heavy atom. The minimum absolute atomic E-state index is 0.203. The SMILES string of the molecule is CCOC(=O)/C(=N\Nc1ccccc1Cl)Sc1ccc(Br)cc1. The maximum Gasteiger partial charge on any atom is 0.365 e. The molecule has 0 fully saturated rings. The molecule has 0 aliphatic rings. The zero-order valence-corrected chi connectivity index (χ0v) is 15.4. The van der Waals surface area contributed by atoms with E-state index in [2.05, 4.69) is 26.5 Å². The van der Waals surface area contributed by atoms with Crippen LogP contribution in [0, 0.1) is 0 Å². The fourth-order valence-corrected chi connectivity index (χ4v) is 2.75. The summed E-state index contributed by atoms with van der Waals surface area (Å²) >= 11 is 10.7. The largest absolute Gasteiger partial charge is 0.461 e. The van der Waals surface area contributed by atoms with Gasteiger partial charge in [0, 0.05) is 9.37 Å². The Kier molecular flexibility index (Phi) is 6.95. The van der Waals surface area contributed by atoms with Gasteiger partial charge in [-0.25, -0.2) is 4.79 Å². The number of hydrogen-bond donors (Lipinski definition) is 1. The number of para-hydroxylation sites is 1. The molecule has 0 saturated carbocycles. The number of ether oxygens (including phenoxy) is 1. The number of esters is 1. The standard InChI is InChI=1S/C16H14BrClN2O2S/c1-2-22-16(21)15(23-12-9-7-11(17)8-10-12)20-19-14-6-4-3-5-13(14)18/h3-10,19H,2H2,1H3/b20-15+. The molecular weight excluding hydrogens is 400 g/mol. The van der Waals surface area contributed by atoms with Crippen LogP contribution in [0.3, 0.4) is 0 Å². The molecule has 120 valence electrons. The van der Waals surface area contributed by atoms with Crippen LogP contribution < -0.4 is 5.43 Å². The molecule has 0 bridgehead atoms. The van der Waals surface area contributed by atoms with Crippen molar-refractivity contribution < 1.29 is 9.53 Å². The van der Waals surface area contributed by atoms with Gasteiger partial charge in [-0.3, -0.25) is 5.43 Å². The van der Waals surface area contributed by atoms with Crippen LogP contribution >= 0.6 is 39.3 Å². The maximum atomic E-state index is 12.1. The van der Waals surface area contributed by atoms with Crippen molar-refractivity contribution in [2.75, 3.05) is 12.0 Å². The van der Waals surface area contributed by atoms with Crippen LogP contribution in [0.4, 0.5) is 5.69 Å². The highest BCUT2D eigenvalue weighted by molar-refractivity contribution is 9.10. The van der Waals surface area contributed by atoms with E-state index < -0.39 is 5.97 Å². The second-order valence-corrected chi connectivity index (χ2v) is 6.67. The molecule has 0 atom stereocenters. The van der Waals surface area contributed by atoms with Crippen molar-refractivity contribution in [1.29, 1.82) is 0 Å². The number of benzene rings is 2. The maximum absolute atomic E-state index is 12.1. The number of halogens is 2. The van der Waals surface area contributed by atoms with E-state index in [1.807, 2.05) is 36.4 Å². The Labute approximate surface area is 152 Å². The van der Waals surface area contributed by atoms with E-state index in [9.17, 15) is 4.79 Å². The predicted molar refractivity (Wildman–Crippen MR) is 99.1 cm³/mol. The minimum atomic E-state index is -0.486. The molecule has 0 heterocycles. The van der Waals surface area contributed by atoms with Crippen LogP contribution in [0.5, 0.6) is 0 Å². The average Bonchev–Trinajstić information content (AvgIpc) is 2.55. The first-order valence-corrected chi connectivity index (χ1v) is 8.77. The first-order valence-electron chi connectivity index (χ1n) is 6.79. The Morgan fingerprint density at radius 1 is 1.26 bits per heavy atom. The summed E-state index contributed by atoms with van der Waals surface area (Å²) in [5.41, 5.74) is 3.43. The van der Waals surface area contributed by atoms with Gasteiger partial charge in [-0.1, -0.05) is 51.4 Å². The normalized spacial score (nSPS) is 11.2. The average molecular weight is 414 g/mol. The van der Waals surface area contributed by atoms with Gasteiger partial charge in [0.2, 0.25) is 5.04 Å². The van der Waals surface area contributed by atoms with Gasteiger partial charge in [0.05, 0.1) is 17.3 Å². The fraction of sp³-hybridized carbons (Fsp3) is 0.125. The zero-order valence-electron chi connectivity index (χ0n) is 12.3. The predicted octanol–water partition coefficient (Wildman–Crippen LogP) is 5.18. The number of nitrogens with zero attached hydrogens (tertiary/aromatic N) is 1.